The van der Waals surface area contributed by atoms with Gasteiger partial charge in [-0.3, -0.25) is 14.6 Å². The van der Waals surface area contributed by atoms with E-state index in [1.54, 1.807) is 22.4 Å². The van der Waals surface area contributed by atoms with Crippen molar-refractivity contribution in [2.45, 2.75) is 13.0 Å². The molecule has 2 amide bonds. The third kappa shape index (κ3) is 3.75. The van der Waals surface area contributed by atoms with Crippen molar-refractivity contribution in [3.8, 4) is 11.3 Å². The van der Waals surface area contributed by atoms with E-state index in [2.05, 4.69) is 10.3 Å². The molecule has 3 aromatic rings. The van der Waals surface area contributed by atoms with E-state index >= 15 is 0 Å². The molecule has 2 aromatic heterocycles. The van der Waals surface area contributed by atoms with Crippen LogP contribution in [0.25, 0.3) is 11.3 Å². The molecule has 0 bridgehead atoms. The van der Waals surface area contributed by atoms with Crippen molar-refractivity contribution in [1.82, 2.24) is 10.3 Å². The molecule has 3 heterocycles. The third-order valence-electron chi connectivity index (χ3n) is 4.70. The van der Waals surface area contributed by atoms with Crippen molar-refractivity contribution >= 4 is 28.8 Å². The van der Waals surface area contributed by atoms with Crippen LogP contribution in [0, 0.1) is 5.92 Å². The molecule has 1 unspecified atom stereocenters. The number of aromatic nitrogens is 1. The largest absolute Gasteiger partial charge is 0.352 e. The number of nitrogens with zero attached hydrogens (tertiary/aromatic N) is 2. The smallest absolute Gasteiger partial charge is 0.227 e. The van der Waals surface area contributed by atoms with Gasteiger partial charge in [-0.05, 0) is 35.2 Å². The van der Waals surface area contributed by atoms with E-state index in [1.165, 1.54) is 0 Å². The molecule has 1 saturated heterocycles. The van der Waals surface area contributed by atoms with Crippen molar-refractivity contribution in [2.24, 2.45) is 5.92 Å². The lowest BCUT2D eigenvalue weighted by Gasteiger charge is -2.16. The number of carbonyl (C=O) groups excluding carboxylic acids is 2. The zero-order valence-corrected chi connectivity index (χ0v) is 15.5. The van der Waals surface area contributed by atoms with Gasteiger partial charge in [0.2, 0.25) is 11.8 Å². The van der Waals surface area contributed by atoms with E-state index in [0.29, 0.717) is 13.1 Å². The normalized spacial score (nSPS) is 16.5. The highest BCUT2D eigenvalue weighted by Crippen LogP contribution is 2.26. The number of anilines is 1. The molecule has 0 saturated carbocycles. The Morgan fingerprint density at radius 1 is 1.19 bits per heavy atom. The van der Waals surface area contributed by atoms with Gasteiger partial charge in [-0.25, -0.2) is 0 Å². The Kier molecular flexibility index (Phi) is 4.98. The Morgan fingerprint density at radius 2 is 2.04 bits per heavy atom. The summed E-state index contributed by atoms with van der Waals surface area (Å²) in [6, 6.07) is 15.3. The number of hydrogen-bond donors (Lipinski definition) is 1. The topological polar surface area (TPSA) is 62.3 Å². The number of hydrogen-bond acceptors (Lipinski definition) is 4. The number of carbonyl (C=O) groups is 2. The lowest BCUT2D eigenvalue weighted by atomic mass is 10.1. The molecule has 136 valence electrons. The van der Waals surface area contributed by atoms with E-state index in [-0.39, 0.29) is 24.2 Å². The number of rotatable bonds is 5. The van der Waals surface area contributed by atoms with Gasteiger partial charge in [-0.1, -0.05) is 24.3 Å². The average molecular weight is 377 g/mol. The van der Waals surface area contributed by atoms with E-state index in [4.69, 9.17) is 0 Å². The fourth-order valence-electron chi connectivity index (χ4n) is 3.31. The molecule has 27 heavy (non-hydrogen) atoms. The van der Waals surface area contributed by atoms with Crippen molar-refractivity contribution in [3.63, 3.8) is 0 Å². The van der Waals surface area contributed by atoms with Crippen LogP contribution < -0.4 is 10.2 Å². The number of para-hydroxylation sites is 1. The first-order valence-electron chi connectivity index (χ1n) is 8.82. The first kappa shape index (κ1) is 17.4. The minimum Gasteiger partial charge on any atom is -0.352 e. The average Bonchev–Trinajstić information content (AvgIpc) is 3.37. The summed E-state index contributed by atoms with van der Waals surface area (Å²) in [5.74, 6) is -0.442. The molecule has 0 aliphatic carbocycles. The summed E-state index contributed by atoms with van der Waals surface area (Å²) in [7, 11) is 0. The van der Waals surface area contributed by atoms with Gasteiger partial charge < -0.3 is 10.2 Å². The highest BCUT2D eigenvalue weighted by atomic mass is 32.1. The van der Waals surface area contributed by atoms with E-state index in [1.807, 2.05) is 59.3 Å². The van der Waals surface area contributed by atoms with Crippen LogP contribution in [0.5, 0.6) is 0 Å². The van der Waals surface area contributed by atoms with Crippen LogP contribution in [0.15, 0.2) is 65.5 Å². The summed E-state index contributed by atoms with van der Waals surface area (Å²) in [4.78, 5) is 31.1. The Balaban J connectivity index is 1.42. The van der Waals surface area contributed by atoms with Crippen LogP contribution in [0.2, 0.25) is 0 Å². The number of benzene rings is 1. The lowest BCUT2D eigenvalue weighted by molar-refractivity contribution is -0.126. The highest BCUT2D eigenvalue weighted by Gasteiger charge is 2.34. The quantitative estimate of drug-likeness (QED) is 0.740. The third-order valence-corrected chi connectivity index (χ3v) is 5.39. The number of thiophene rings is 1. The van der Waals surface area contributed by atoms with Gasteiger partial charge in [0.25, 0.3) is 0 Å². The van der Waals surface area contributed by atoms with Gasteiger partial charge in [-0.15, -0.1) is 0 Å². The Bertz CT molecular complexity index is 941. The minimum absolute atomic E-state index is 0.0123. The molecular weight excluding hydrogens is 358 g/mol. The lowest BCUT2D eigenvalue weighted by Crippen LogP contribution is -2.32. The second-order valence-electron chi connectivity index (χ2n) is 6.48. The van der Waals surface area contributed by atoms with Crippen molar-refractivity contribution in [3.05, 3.63) is 71.1 Å². The molecule has 0 radical (unpaired) electrons. The Hall–Kier alpha value is -2.99. The molecular formula is C21H19N3O2S. The maximum Gasteiger partial charge on any atom is 0.227 e. The van der Waals surface area contributed by atoms with Crippen LogP contribution in [-0.4, -0.2) is 23.3 Å². The molecule has 1 fully saturated rings. The molecule has 1 aliphatic heterocycles. The summed E-state index contributed by atoms with van der Waals surface area (Å²) in [5, 5.41) is 7.03. The molecule has 0 spiro atoms. The number of pyridine rings is 1. The number of amides is 2. The molecule has 1 N–H and O–H groups in total. The highest BCUT2D eigenvalue weighted by molar-refractivity contribution is 7.08. The second-order valence-corrected chi connectivity index (χ2v) is 7.26. The molecule has 6 heteroatoms. The summed E-state index contributed by atoms with van der Waals surface area (Å²) < 4.78 is 0. The SMILES string of the molecule is O=C(NCc1cccnc1-c1ccsc1)C1CC(=O)N(c2ccccc2)C1. The summed E-state index contributed by atoms with van der Waals surface area (Å²) >= 11 is 1.62. The standard InChI is InChI=1S/C21H19N3O2S/c25-19-11-17(13-24(19)18-6-2-1-3-7-18)21(26)23-12-15-5-4-9-22-20(15)16-8-10-27-14-16/h1-10,14,17H,11-13H2,(H,23,26). The fraction of sp³-hybridized carbons (Fsp3) is 0.190. The van der Waals surface area contributed by atoms with Crippen LogP contribution in [0.3, 0.4) is 0 Å². The Labute approximate surface area is 161 Å². The molecule has 1 aliphatic rings. The van der Waals surface area contributed by atoms with E-state index in [9.17, 15) is 9.59 Å². The van der Waals surface area contributed by atoms with E-state index < -0.39 is 0 Å². The molecule has 5 nitrogen and oxygen atoms in total. The monoisotopic (exact) mass is 377 g/mol. The van der Waals surface area contributed by atoms with Crippen LogP contribution in [0.1, 0.15) is 12.0 Å². The minimum atomic E-state index is -0.334. The maximum absolute atomic E-state index is 12.6. The van der Waals surface area contributed by atoms with Crippen LogP contribution in [-0.2, 0) is 16.1 Å². The van der Waals surface area contributed by atoms with Gasteiger partial charge in [0.15, 0.2) is 0 Å². The molecule has 1 atom stereocenters. The van der Waals surface area contributed by atoms with Gasteiger partial charge in [0, 0.05) is 42.3 Å². The maximum atomic E-state index is 12.6. The fourth-order valence-corrected chi connectivity index (χ4v) is 3.95. The first-order valence-corrected chi connectivity index (χ1v) is 9.76. The second kappa shape index (κ2) is 7.72. The van der Waals surface area contributed by atoms with Crippen molar-refractivity contribution < 1.29 is 9.59 Å². The summed E-state index contributed by atoms with van der Waals surface area (Å²) in [6.07, 6.45) is 2.00. The zero-order valence-electron chi connectivity index (χ0n) is 14.7. The zero-order chi connectivity index (χ0) is 18.6. The first-order chi connectivity index (χ1) is 13.2. The molecule has 4 rings (SSSR count). The van der Waals surface area contributed by atoms with Crippen molar-refractivity contribution in [2.75, 3.05) is 11.4 Å². The van der Waals surface area contributed by atoms with Gasteiger partial charge in [-0.2, -0.15) is 11.3 Å². The van der Waals surface area contributed by atoms with Gasteiger partial charge >= 0.3 is 0 Å². The van der Waals surface area contributed by atoms with Gasteiger partial charge in [0.05, 0.1) is 11.6 Å². The van der Waals surface area contributed by atoms with Crippen LogP contribution >= 0.6 is 11.3 Å². The number of nitrogens with one attached hydrogen (secondary N) is 1. The predicted molar refractivity (Wildman–Crippen MR) is 106 cm³/mol. The molecule has 1 aromatic carbocycles. The van der Waals surface area contributed by atoms with E-state index in [0.717, 1.165) is 22.5 Å². The summed E-state index contributed by atoms with van der Waals surface area (Å²) in [6.45, 7) is 0.812. The van der Waals surface area contributed by atoms with Crippen LogP contribution in [0.4, 0.5) is 5.69 Å². The predicted octanol–water partition coefficient (Wildman–Crippen LogP) is 3.48. The Morgan fingerprint density at radius 3 is 2.81 bits per heavy atom. The summed E-state index contributed by atoms with van der Waals surface area (Å²) in [5.41, 5.74) is 3.74. The van der Waals surface area contributed by atoms with Crippen molar-refractivity contribution in [1.29, 1.82) is 0 Å². The van der Waals surface area contributed by atoms with Gasteiger partial charge in [0.1, 0.15) is 0 Å².